The molecule has 1 aromatic rings. The van der Waals surface area contributed by atoms with Gasteiger partial charge in [-0.25, -0.2) is 4.79 Å². The smallest absolute Gasteiger partial charge is 0.319 e. The van der Waals surface area contributed by atoms with Crippen LogP contribution in [0.25, 0.3) is 0 Å². The number of piperidine rings is 1. The van der Waals surface area contributed by atoms with Crippen LogP contribution < -0.4 is 20.7 Å². The van der Waals surface area contributed by atoms with Gasteiger partial charge in [0.2, 0.25) is 11.8 Å². The second-order valence-corrected chi connectivity index (χ2v) is 6.57. The van der Waals surface area contributed by atoms with Crippen molar-refractivity contribution in [3.63, 3.8) is 0 Å². The molecule has 3 N–H and O–H groups in total. The van der Waals surface area contributed by atoms with E-state index in [0.717, 1.165) is 0 Å². The lowest BCUT2D eigenvalue weighted by atomic mass is 9.92. The van der Waals surface area contributed by atoms with Gasteiger partial charge in [-0.05, 0) is 43.5 Å². The third kappa shape index (κ3) is 3.74. The van der Waals surface area contributed by atoms with Crippen molar-refractivity contribution < 1.29 is 19.1 Å². The number of fused-ring (bicyclic) bond motifs is 1. The molecule has 4 amide bonds. The highest BCUT2D eigenvalue weighted by Gasteiger charge is 2.43. The molecule has 140 valence electrons. The van der Waals surface area contributed by atoms with E-state index in [-0.39, 0.29) is 23.9 Å². The van der Waals surface area contributed by atoms with E-state index in [1.54, 1.807) is 36.3 Å². The maximum atomic E-state index is 12.4. The van der Waals surface area contributed by atoms with Gasteiger partial charge in [-0.3, -0.25) is 9.59 Å². The first-order valence-corrected chi connectivity index (χ1v) is 8.84. The molecule has 26 heavy (non-hydrogen) atoms. The Morgan fingerprint density at radius 2 is 2.04 bits per heavy atom. The summed E-state index contributed by atoms with van der Waals surface area (Å²) in [4.78, 5) is 38.5. The van der Waals surface area contributed by atoms with Gasteiger partial charge in [0.1, 0.15) is 17.8 Å². The van der Waals surface area contributed by atoms with Crippen molar-refractivity contribution in [1.29, 1.82) is 0 Å². The third-order valence-corrected chi connectivity index (χ3v) is 4.89. The Bertz CT molecular complexity index is 691. The highest BCUT2D eigenvalue weighted by molar-refractivity contribution is 5.97. The fourth-order valence-electron chi connectivity index (χ4n) is 3.44. The quantitative estimate of drug-likeness (QED) is 0.748. The largest absolute Gasteiger partial charge is 0.497 e. The number of ether oxygens (including phenoxy) is 1. The lowest BCUT2D eigenvalue weighted by Gasteiger charge is -2.44. The normalized spacial score (nSPS) is 25.2. The van der Waals surface area contributed by atoms with E-state index in [9.17, 15) is 14.4 Å². The van der Waals surface area contributed by atoms with E-state index < -0.39 is 12.1 Å². The molecule has 2 heterocycles. The van der Waals surface area contributed by atoms with Crippen LogP contribution in [0.1, 0.15) is 26.2 Å². The lowest BCUT2D eigenvalue weighted by molar-refractivity contribution is -0.151. The van der Waals surface area contributed by atoms with Crippen molar-refractivity contribution in [3.05, 3.63) is 24.3 Å². The van der Waals surface area contributed by atoms with Crippen LogP contribution in [0.15, 0.2) is 24.3 Å². The molecule has 0 unspecified atom stereocenters. The number of hydrogen-bond acceptors (Lipinski definition) is 4. The molecule has 3 atom stereocenters. The van der Waals surface area contributed by atoms with Crippen molar-refractivity contribution in [2.45, 2.75) is 44.3 Å². The average Bonchev–Trinajstić information content (AvgIpc) is 2.65. The number of anilines is 1. The van der Waals surface area contributed by atoms with Crippen molar-refractivity contribution >= 4 is 23.5 Å². The number of rotatable bonds is 4. The number of carbonyl (C=O) groups is 3. The summed E-state index contributed by atoms with van der Waals surface area (Å²) in [6.07, 6.45) is 1.63. The summed E-state index contributed by atoms with van der Waals surface area (Å²) in [5.74, 6) is 0.540. The predicted octanol–water partition coefficient (Wildman–Crippen LogP) is 1.08. The standard InChI is InChI=1S/C18H24N4O4/c1-3-14-17(24)22-9-8-12(10-15(22)16(23)21-14)20-18(25)19-11-4-6-13(26-2)7-5-11/h4-7,12,14-15H,3,8-10H2,1-2H3,(H,21,23)(H2,19,20,25)/t12-,14-,15-/m0/s1. The number of piperazine rings is 1. The first-order valence-electron chi connectivity index (χ1n) is 8.84. The summed E-state index contributed by atoms with van der Waals surface area (Å²) < 4.78 is 5.08. The molecule has 3 rings (SSSR count). The zero-order chi connectivity index (χ0) is 18.7. The summed E-state index contributed by atoms with van der Waals surface area (Å²) in [6.45, 7) is 2.35. The topological polar surface area (TPSA) is 99.8 Å². The number of benzene rings is 1. The molecule has 0 saturated carbocycles. The number of urea groups is 1. The molecular formula is C18H24N4O4. The van der Waals surface area contributed by atoms with Gasteiger partial charge in [0, 0.05) is 18.3 Å². The van der Waals surface area contributed by atoms with Gasteiger partial charge in [-0.2, -0.15) is 0 Å². The summed E-state index contributed by atoms with van der Waals surface area (Å²) in [5, 5.41) is 8.42. The van der Waals surface area contributed by atoms with E-state index in [1.807, 2.05) is 6.92 Å². The molecule has 8 nitrogen and oxygen atoms in total. The minimum absolute atomic E-state index is 0.0294. The Morgan fingerprint density at radius 1 is 1.31 bits per heavy atom. The molecule has 2 aliphatic rings. The second-order valence-electron chi connectivity index (χ2n) is 6.57. The van der Waals surface area contributed by atoms with Crippen LogP contribution in [-0.2, 0) is 9.59 Å². The minimum Gasteiger partial charge on any atom is -0.497 e. The highest BCUT2D eigenvalue weighted by atomic mass is 16.5. The molecule has 0 aromatic heterocycles. The molecule has 0 radical (unpaired) electrons. The molecular weight excluding hydrogens is 336 g/mol. The molecule has 1 aromatic carbocycles. The molecule has 2 aliphatic heterocycles. The van der Waals surface area contributed by atoms with Crippen LogP contribution in [0.3, 0.4) is 0 Å². The number of hydrogen-bond donors (Lipinski definition) is 3. The summed E-state index contributed by atoms with van der Waals surface area (Å²) >= 11 is 0. The molecule has 0 aliphatic carbocycles. The zero-order valence-corrected chi connectivity index (χ0v) is 15.0. The van der Waals surface area contributed by atoms with Gasteiger partial charge in [0.05, 0.1) is 7.11 Å². The first-order chi connectivity index (χ1) is 12.5. The minimum atomic E-state index is -0.509. The van der Waals surface area contributed by atoms with Crippen LogP contribution >= 0.6 is 0 Å². The number of methoxy groups -OCH3 is 1. The third-order valence-electron chi connectivity index (χ3n) is 4.89. The van der Waals surface area contributed by atoms with Gasteiger partial charge in [0.25, 0.3) is 0 Å². The van der Waals surface area contributed by atoms with Crippen molar-refractivity contribution in [1.82, 2.24) is 15.5 Å². The van der Waals surface area contributed by atoms with Gasteiger partial charge in [-0.1, -0.05) is 6.92 Å². The van der Waals surface area contributed by atoms with Gasteiger partial charge < -0.3 is 25.6 Å². The molecule has 2 fully saturated rings. The fourth-order valence-corrected chi connectivity index (χ4v) is 3.44. The Balaban J connectivity index is 1.56. The Morgan fingerprint density at radius 3 is 2.69 bits per heavy atom. The number of amides is 4. The molecule has 0 bridgehead atoms. The van der Waals surface area contributed by atoms with E-state index in [4.69, 9.17) is 4.74 Å². The average molecular weight is 360 g/mol. The monoisotopic (exact) mass is 360 g/mol. The van der Waals surface area contributed by atoms with Crippen molar-refractivity contribution in [2.24, 2.45) is 0 Å². The van der Waals surface area contributed by atoms with Crippen LogP contribution in [0.5, 0.6) is 5.75 Å². The van der Waals surface area contributed by atoms with Gasteiger partial charge in [-0.15, -0.1) is 0 Å². The lowest BCUT2D eigenvalue weighted by Crippen LogP contribution is -2.66. The van der Waals surface area contributed by atoms with Crippen LogP contribution in [0.4, 0.5) is 10.5 Å². The van der Waals surface area contributed by atoms with E-state index in [1.165, 1.54) is 0 Å². The maximum absolute atomic E-state index is 12.4. The second kappa shape index (κ2) is 7.63. The van der Waals surface area contributed by atoms with Crippen molar-refractivity contribution in [2.75, 3.05) is 19.0 Å². The highest BCUT2D eigenvalue weighted by Crippen LogP contribution is 2.23. The van der Waals surface area contributed by atoms with E-state index in [0.29, 0.717) is 37.2 Å². The van der Waals surface area contributed by atoms with Crippen LogP contribution in [0.2, 0.25) is 0 Å². The first kappa shape index (κ1) is 18.0. The van der Waals surface area contributed by atoms with Crippen molar-refractivity contribution in [3.8, 4) is 5.75 Å². The molecule has 8 heteroatoms. The summed E-state index contributed by atoms with van der Waals surface area (Å²) in [6, 6.07) is 5.59. The predicted molar refractivity (Wildman–Crippen MR) is 95.9 cm³/mol. The number of nitrogens with zero attached hydrogens (tertiary/aromatic N) is 1. The van der Waals surface area contributed by atoms with E-state index >= 15 is 0 Å². The zero-order valence-electron chi connectivity index (χ0n) is 15.0. The Labute approximate surface area is 152 Å². The number of carbonyl (C=O) groups excluding carboxylic acids is 3. The number of nitrogens with one attached hydrogen (secondary N) is 3. The van der Waals surface area contributed by atoms with Crippen LogP contribution in [0, 0.1) is 0 Å². The SMILES string of the molecule is CC[C@@H]1NC(=O)[C@@H]2C[C@@H](NC(=O)Nc3ccc(OC)cc3)CCN2C1=O. The Hall–Kier alpha value is -2.77. The fraction of sp³-hybridized carbons (Fsp3) is 0.500. The molecule has 0 spiro atoms. The summed E-state index contributed by atoms with van der Waals surface area (Å²) in [5.41, 5.74) is 0.650. The summed E-state index contributed by atoms with van der Waals surface area (Å²) in [7, 11) is 1.58. The maximum Gasteiger partial charge on any atom is 0.319 e. The van der Waals surface area contributed by atoms with Gasteiger partial charge >= 0.3 is 6.03 Å². The van der Waals surface area contributed by atoms with Gasteiger partial charge in [0.15, 0.2) is 0 Å². The Kier molecular flexibility index (Phi) is 5.29. The van der Waals surface area contributed by atoms with E-state index in [2.05, 4.69) is 16.0 Å². The molecule has 2 saturated heterocycles. The van der Waals surface area contributed by atoms with Crippen LogP contribution in [-0.4, -0.2) is 54.5 Å².